The fourth-order valence-electron chi connectivity index (χ4n) is 4.79. The van der Waals surface area contributed by atoms with Crippen molar-refractivity contribution in [3.8, 4) is 5.75 Å². The first-order valence-corrected chi connectivity index (χ1v) is 13.1. The third kappa shape index (κ3) is 6.16. The number of rotatable bonds is 8. The Balaban J connectivity index is 1.94. The lowest BCUT2D eigenvalue weighted by molar-refractivity contribution is 0.0306. The van der Waals surface area contributed by atoms with Crippen LogP contribution in [0.4, 0.5) is 0 Å². The minimum absolute atomic E-state index is 0.00872. The van der Waals surface area contributed by atoms with Crippen molar-refractivity contribution in [1.82, 2.24) is 14.7 Å². The van der Waals surface area contributed by atoms with Gasteiger partial charge in [0.15, 0.2) is 0 Å². The van der Waals surface area contributed by atoms with Crippen LogP contribution in [0.5, 0.6) is 5.75 Å². The van der Waals surface area contributed by atoms with E-state index in [1.165, 1.54) is 0 Å². The maximum absolute atomic E-state index is 12.8. The van der Waals surface area contributed by atoms with Crippen LogP contribution in [0, 0.1) is 0 Å². The Morgan fingerprint density at radius 2 is 1.79 bits per heavy atom. The third-order valence-corrected chi connectivity index (χ3v) is 7.14. The second kappa shape index (κ2) is 12.0. The molecule has 1 amide bonds. The van der Waals surface area contributed by atoms with Crippen molar-refractivity contribution < 1.29 is 9.90 Å². The molecule has 0 aliphatic carbocycles. The first-order chi connectivity index (χ1) is 15.9. The summed E-state index contributed by atoms with van der Waals surface area (Å²) in [5.74, 6) is 0.344. The lowest BCUT2D eigenvalue weighted by atomic mass is 9.92. The van der Waals surface area contributed by atoms with E-state index in [0.29, 0.717) is 30.7 Å². The highest BCUT2D eigenvalue weighted by Crippen LogP contribution is 2.34. The first-order valence-electron chi connectivity index (χ1n) is 11.8. The van der Waals surface area contributed by atoms with Gasteiger partial charge in [-0.2, -0.15) is 0 Å². The van der Waals surface area contributed by atoms with Crippen LogP contribution in [0.3, 0.4) is 0 Å². The zero-order chi connectivity index (χ0) is 24.0. The molecule has 1 aliphatic heterocycles. The van der Waals surface area contributed by atoms with Crippen LogP contribution >= 0.6 is 22.6 Å². The maximum Gasteiger partial charge on any atom is 0.253 e. The van der Waals surface area contributed by atoms with Gasteiger partial charge in [0.25, 0.3) is 5.91 Å². The van der Waals surface area contributed by atoms with Crippen molar-refractivity contribution in [3.05, 3.63) is 75.4 Å². The van der Waals surface area contributed by atoms with Crippen LogP contribution in [0.25, 0.3) is 0 Å². The molecule has 0 saturated carbocycles. The molecule has 6 heteroatoms. The van der Waals surface area contributed by atoms with E-state index < -0.39 is 0 Å². The molecule has 2 aromatic rings. The summed E-state index contributed by atoms with van der Waals surface area (Å²) in [5, 5.41) is 10.2. The van der Waals surface area contributed by atoms with Gasteiger partial charge in [-0.25, -0.2) is 0 Å². The molecule has 178 valence electrons. The maximum atomic E-state index is 12.8. The van der Waals surface area contributed by atoms with E-state index in [0.717, 1.165) is 30.8 Å². The molecule has 0 radical (unpaired) electrons. The number of carbonyl (C=O) groups excluding carboxylic acids is 1. The minimum atomic E-state index is 0.00872. The zero-order valence-electron chi connectivity index (χ0n) is 20.1. The van der Waals surface area contributed by atoms with E-state index in [1.54, 1.807) is 6.07 Å². The molecule has 0 aromatic heterocycles. The quantitative estimate of drug-likeness (QED) is 0.448. The number of aromatic hydroxyl groups is 1. The molecule has 1 aliphatic rings. The summed E-state index contributed by atoms with van der Waals surface area (Å²) in [5.41, 5.74) is 2.92. The Labute approximate surface area is 212 Å². The van der Waals surface area contributed by atoms with Crippen LogP contribution in [-0.4, -0.2) is 70.5 Å². The number of amides is 1. The summed E-state index contributed by atoms with van der Waals surface area (Å²) in [6.07, 6.45) is 2.21. The largest absolute Gasteiger partial charge is 0.508 e. The van der Waals surface area contributed by atoms with Crippen LogP contribution < -0.4 is 0 Å². The van der Waals surface area contributed by atoms with Crippen molar-refractivity contribution in [2.24, 2.45) is 0 Å². The second-order valence-corrected chi connectivity index (χ2v) is 9.53. The minimum Gasteiger partial charge on any atom is -0.508 e. The predicted molar refractivity (Wildman–Crippen MR) is 144 cm³/mol. The van der Waals surface area contributed by atoms with Gasteiger partial charge in [-0.05, 0) is 67.2 Å². The Kier molecular flexibility index (Phi) is 9.35. The van der Waals surface area contributed by atoms with E-state index in [1.807, 2.05) is 43.0 Å². The van der Waals surface area contributed by atoms with Gasteiger partial charge in [-0.1, -0.05) is 52.9 Å². The van der Waals surface area contributed by atoms with Crippen molar-refractivity contribution in [3.63, 3.8) is 0 Å². The van der Waals surface area contributed by atoms with Crippen molar-refractivity contribution in [1.29, 1.82) is 0 Å². The van der Waals surface area contributed by atoms with Crippen molar-refractivity contribution in [2.45, 2.75) is 45.8 Å². The van der Waals surface area contributed by atoms with Crippen LogP contribution in [0.1, 0.15) is 55.2 Å². The van der Waals surface area contributed by atoms with Gasteiger partial charge in [-0.15, -0.1) is 0 Å². The van der Waals surface area contributed by atoms with Gasteiger partial charge in [0.05, 0.1) is 6.04 Å². The molecule has 0 unspecified atom stereocenters. The molecule has 1 saturated heterocycles. The van der Waals surface area contributed by atoms with E-state index >= 15 is 0 Å². The molecule has 2 aromatic carbocycles. The summed E-state index contributed by atoms with van der Waals surface area (Å²) < 4.78 is 2.08. The Morgan fingerprint density at radius 3 is 2.39 bits per heavy atom. The van der Waals surface area contributed by atoms with Crippen LogP contribution in [-0.2, 0) is 0 Å². The molecule has 1 N–H and O–H groups in total. The third-order valence-electron chi connectivity index (χ3n) is 6.63. The van der Waals surface area contributed by atoms with Gasteiger partial charge in [0.2, 0.25) is 0 Å². The van der Waals surface area contributed by atoms with E-state index in [9.17, 15) is 9.90 Å². The number of carbonyl (C=O) groups is 1. The highest BCUT2D eigenvalue weighted by molar-refractivity contribution is 14.1. The van der Waals surface area contributed by atoms with Crippen molar-refractivity contribution in [2.75, 3.05) is 32.7 Å². The Hall–Kier alpha value is -1.90. The number of nitrogens with zero attached hydrogens (tertiary/aromatic N) is 3. The smallest absolute Gasteiger partial charge is 0.253 e. The van der Waals surface area contributed by atoms with Crippen molar-refractivity contribution >= 4 is 28.5 Å². The number of phenols is 1. The molecule has 3 rings (SSSR count). The standard InChI is InChI=1S/C27H36IN3O2/c1-5-29(6-2)27(33)23-13-11-22(12-14-23)26(24-9-7-10-25(32)17-24)31-19-20(3)30(16-8-15-28)18-21(31)4/h7-15,17,20-21,26,32H,5-6,16,18-19H2,1-4H3/b15-8+/t20-,21+,26-/m1/s1/i28-4. The number of piperazine rings is 1. The average Bonchev–Trinajstić information content (AvgIpc) is 2.81. The molecule has 1 heterocycles. The predicted octanol–water partition coefficient (Wildman–Crippen LogP) is 5.31. The summed E-state index contributed by atoms with van der Waals surface area (Å²) in [6.45, 7) is 12.8. The monoisotopic (exact) mass is 557 g/mol. The normalized spacial score (nSPS) is 20.8. The van der Waals surface area contributed by atoms with Gasteiger partial charge in [0.1, 0.15) is 5.75 Å². The summed E-state index contributed by atoms with van der Waals surface area (Å²) in [7, 11) is 0. The highest BCUT2D eigenvalue weighted by atomic mass is 123. The molecular formula is C27H36IN3O2. The number of hydrogen-bond acceptors (Lipinski definition) is 4. The van der Waals surface area contributed by atoms with Gasteiger partial charge in [0, 0.05) is 50.4 Å². The fraction of sp³-hybridized carbons (Fsp3) is 0.444. The SMILES string of the molecule is CCN(CC)C(=O)c1ccc([C@H](c2cccc(O)c2)N2C[C@@H](C)N(C/C=C/[123I])C[C@@H]2C)cc1. The Bertz CT molecular complexity index is 943. The van der Waals surface area contributed by atoms with Crippen LogP contribution in [0.2, 0.25) is 0 Å². The molecule has 3 atom stereocenters. The number of halogens is 1. The number of hydrogen-bond donors (Lipinski definition) is 1. The number of phenolic OH excluding ortho intramolecular Hbond substituents is 1. The lowest BCUT2D eigenvalue weighted by Gasteiger charge is -2.47. The van der Waals surface area contributed by atoms with E-state index in [-0.39, 0.29) is 17.7 Å². The number of benzene rings is 2. The van der Waals surface area contributed by atoms with Gasteiger partial charge >= 0.3 is 0 Å². The second-order valence-electron chi connectivity index (χ2n) is 8.81. The molecule has 1 fully saturated rings. The fourth-order valence-corrected chi connectivity index (χ4v) is 5.01. The highest BCUT2D eigenvalue weighted by Gasteiger charge is 2.34. The van der Waals surface area contributed by atoms with E-state index in [2.05, 4.69) is 74.6 Å². The van der Waals surface area contributed by atoms with Gasteiger partial charge in [-0.3, -0.25) is 14.6 Å². The summed E-state index contributed by atoms with van der Waals surface area (Å²) in [4.78, 5) is 19.7. The molecule has 5 nitrogen and oxygen atoms in total. The first kappa shape index (κ1) is 25.7. The topological polar surface area (TPSA) is 47.0 Å². The summed E-state index contributed by atoms with van der Waals surface area (Å²) in [6, 6.07) is 16.4. The van der Waals surface area contributed by atoms with Gasteiger partial charge < -0.3 is 10.0 Å². The molecular weight excluding hydrogens is 521 g/mol. The molecule has 0 spiro atoms. The Morgan fingerprint density at radius 1 is 1.09 bits per heavy atom. The average molecular weight is 558 g/mol. The molecule has 0 bridgehead atoms. The lowest BCUT2D eigenvalue weighted by Crippen LogP contribution is -2.57. The summed E-state index contributed by atoms with van der Waals surface area (Å²) >= 11 is 2.28. The molecule has 33 heavy (non-hydrogen) atoms. The zero-order valence-corrected chi connectivity index (χ0v) is 22.3. The van der Waals surface area contributed by atoms with Crippen LogP contribution in [0.15, 0.2) is 58.7 Å². The van der Waals surface area contributed by atoms with E-state index in [4.69, 9.17) is 0 Å².